The van der Waals surface area contributed by atoms with Crippen LogP contribution >= 0.6 is 11.8 Å². The highest BCUT2D eigenvalue weighted by molar-refractivity contribution is 7.99. The van der Waals surface area contributed by atoms with E-state index in [4.69, 9.17) is 0 Å². The van der Waals surface area contributed by atoms with Gasteiger partial charge in [-0.15, -0.1) is 0 Å². The molecular weight excluding hydrogens is 264 g/mol. The van der Waals surface area contributed by atoms with Crippen molar-refractivity contribution in [2.24, 2.45) is 0 Å². The third-order valence-electron chi connectivity index (χ3n) is 3.55. The van der Waals surface area contributed by atoms with Gasteiger partial charge in [0.05, 0.1) is 12.6 Å². The molecule has 2 aliphatic heterocycles. The lowest BCUT2D eigenvalue weighted by Crippen LogP contribution is -2.56. The van der Waals surface area contributed by atoms with Crippen molar-refractivity contribution < 1.29 is 9.59 Å². The highest BCUT2D eigenvalue weighted by Crippen LogP contribution is 2.11. The van der Waals surface area contributed by atoms with Crippen molar-refractivity contribution in [2.45, 2.75) is 6.04 Å². The Bertz CT molecular complexity index is 326. The second kappa shape index (κ2) is 7.12. The Morgan fingerprint density at radius 1 is 1.32 bits per heavy atom. The van der Waals surface area contributed by atoms with Crippen LogP contribution in [0.3, 0.4) is 0 Å². The van der Waals surface area contributed by atoms with Gasteiger partial charge >= 0.3 is 0 Å². The molecule has 2 N–H and O–H groups in total. The zero-order chi connectivity index (χ0) is 13.7. The summed E-state index contributed by atoms with van der Waals surface area (Å²) in [6, 6.07) is -0.0239. The van der Waals surface area contributed by atoms with E-state index >= 15 is 0 Å². The molecule has 0 aliphatic carbocycles. The molecule has 2 rings (SSSR count). The third kappa shape index (κ3) is 4.09. The van der Waals surface area contributed by atoms with E-state index < -0.39 is 0 Å². The molecule has 1 unspecified atom stereocenters. The van der Waals surface area contributed by atoms with E-state index in [1.807, 2.05) is 16.7 Å². The Hall–Kier alpha value is -0.790. The van der Waals surface area contributed by atoms with Gasteiger partial charge in [0.1, 0.15) is 0 Å². The van der Waals surface area contributed by atoms with E-state index in [0.717, 1.165) is 44.2 Å². The van der Waals surface area contributed by atoms with Gasteiger partial charge in [0.25, 0.3) is 0 Å². The predicted octanol–water partition coefficient (Wildman–Crippen LogP) is -1.42. The number of amides is 2. The number of hydrogen-bond donors (Lipinski definition) is 2. The molecule has 0 bridgehead atoms. The standard InChI is InChI=1S/C12H22N4O2S/c1-13-11(17)8-15-3-5-16(6-4-15)12(18)10-9-19-7-2-14-10/h10,14H,2-9H2,1H3,(H,13,17). The zero-order valence-electron chi connectivity index (χ0n) is 11.4. The van der Waals surface area contributed by atoms with E-state index in [1.165, 1.54) is 0 Å². The summed E-state index contributed by atoms with van der Waals surface area (Å²) in [5.41, 5.74) is 0. The Balaban J connectivity index is 1.76. The number of carbonyl (C=O) groups excluding carboxylic acids is 2. The molecule has 0 spiro atoms. The number of likely N-dealkylation sites (N-methyl/N-ethyl adjacent to an activating group) is 1. The van der Waals surface area contributed by atoms with E-state index in [2.05, 4.69) is 15.5 Å². The van der Waals surface area contributed by atoms with Crippen LogP contribution in [0, 0.1) is 0 Å². The fourth-order valence-electron chi connectivity index (χ4n) is 2.35. The van der Waals surface area contributed by atoms with Crippen molar-refractivity contribution in [1.29, 1.82) is 0 Å². The molecule has 7 heteroatoms. The fourth-order valence-corrected chi connectivity index (χ4v) is 3.28. The Kier molecular flexibility index (Phi) is 5.47. The minimum atomic E-state index is -0.0239. The maximum Gasteiger partial charge on any atom is 0.240 e. The monoisotopic (exact) mass is 286 g/mol. The first-order valence-corrected chi connectivity index (χ1v) is 7.89. The maximum absolute atomic E-state index is 12.3. The summed E-state index contributed by atoms with van der Waals surface area (Å²) in [5.74, 6) is 2.21. The van der Waals surface area contributed by atoms with Crippen LogP contribution in [0.4, 0.5) is 0 Å². The Morgan fingerprint density at radius 2 is 2.05 bits per heavy atom. The van der Waals surface area contributed by atoms with Gasteiger partial charge < -0.3 is 15.5 Å². The molecule has 19 heavy (non-hydrogen) atoms. The lowest BCUT2D eigenvalue weighted by molar-refractivity contribution is -0.134. The first-order chi connectivity index (χ1) is 9.20. The van der Waals surface area contributed by atoms with Gasteiger partial charge in [0.15, 0.2) is 0 Å². The second-order valence-corrected chi connectivity index (χ2v) is 6.01. The molecule has 1 atom stereocenters. The average Bonchev–Trinajstić information content (AvgIpc) is 2.48. The quantitative estimate of drug-likeness (QED) is 0.667. The Morgan fingerprint density at radius 3 is 2.63 bits per heavy atom. The van der Waals surface area contributed by atoms with Crippen LogP contribution in [0.2, 0.25) is 0 Å². The van der Waals surface area contributed by atoms with E-state index in [1.54, 1.807) is 7.05 Å². The molecular formula is C12H22N4O2S. The molecule has 0 aromatic heterocycles. The van der Waals surface area contributed by atoms with Gasteiger partial charge in [-0.1, -0.05) is 0 Å². The number of piperazine rings is 1. The van der Waals surface area contributed by atoms with Gasteiger partial charge in [-0.25, -0.2) is 0 Å². The number of hydrogen-bond acceptors (Lipinski definition) is 5. The van der Waals surface area contributed by atoms with Crippen molar-refractivity contribution >= 4 is 23.6 Å². The molecule has 0 aromatic rings. The van der Waals surface area contributed by atoms with Crippen LogP contribution in [0.5, 0.6) is 0 Å². The highest BCUT2D eigenvalue weighted by atomic mass is 32.2. The summed E-state index contributed by atoms with van der Waals surface area (Å²) in [6.07, 6.45) is 0. The average molecular weight is 286 g/mol. The summed E-state index contributed by atoms with van der Waals surface area (Å²) in [7, 11) is 1.65. The van der Waals surface area contributed by atoms with Crippen molar-refractivity contribution in [3.05, 3.63) is 0 Å². The number of rotatable bonds is 3. The summed E-state index contributed by atoms with van der Waals surface area (Å²) in [6.45, 7) is 4.34. The lowest BCUT2D eigenvalue weighted by Gasteiger charge is -2.36. The summed E-state index contributed by atoms with van der Waals surface area (Å²) in [4.78, 5) is 27.6. The van der Waals surface area contributed by atoms with Crippen LogP contribution in [0.25, 0.3) is 0 Å². The number of carbonyl (C=O) groups is 2. The molecule has 108 valence electrons. The van der Waals surface area contributed by atoms with E-state index in [0.29, 0.717) is 6.54 Å². The van der Waals surface area contributed by atoms with Crippen LogP contribution in [-0.4, -0.2) is 85.5 Å². The van der Waals surface area contributed by atoms with Crippen LogP contribution in [-0.2, 0) is 9.59 Å². The summed E-state index contributed by atoms with van der Waals surface area (Å²) >= 11 is 1.83. The normalized spacial score (nSPS) is 25.1. The molecule has 0 saturated carbocycles. The predicted molar refractivity (Wildman–Crippen MR) is 76.2 cm³/mol. The second-order valence-electron chi connectivity index (χ2n) is 4.86. The number of nitrogens with zero attached hydrogens (tertiary/aromatic N) is 2. The minimum Gasteiger partial charge on any atom is -0.358 e. The van der Waals surface area contributed by atoms with E-state index in [-0.39, 0.29) is 17.9 Å². The SMILES string of the molecule is CNC(=O)CN1CCN(C(=O)C2CSCCN2)CC1. The van der Waals surface area contributed by atoms with Crippen LogP contribution in [0.15, 0.2) is 0 Å². The Labute approximate surface area is 118 Å². The molecule has 2 fully saturated rings. The van der Waals surface area contributed by atoms with Gasteiger partial charge in [-0.2, -0.15) is 11.8 Å². The minimum absolute atomic E-state index is 0.0239. The van der Waals surface area contributed by atoms with Gasteiger partial charge in [-0.3, -0.25) is 14.5 Å². The highest BCUT2D eigenvalue weighted by Gasteiger charge is 2.28. The van der Waals surface area contributed by atoms with Crippen LogP contribution in [0.1, 0.15) is 0 Å². The lowest BCUT2D eigenvalue weighted by atomic mass is 10.2. The van der Waals surface area contributed by atoms with Gasteiger partial charge in [-0.05, 0) is 0 Å². The van der Waals surface area contributed by atoms with Crippen LogP contribution < -0.4 is 10.6 Å². The number of thioether (sulfide) groups is 1. The summed E-state index contributed by atoms with van der Waals surface area (Å²) in [5, 5.41) is 5.90. The first kappa shape index (κ1) is 14.6. The molecule has 0 aromatic carbocycles. The van der Waals surface area contributed by atoms with E-state index in [9.17, 15) is 9.59 Å². The molecule has 2 saturated heterocycles. The smallest absolute Gasteiger partial charge is 0.240 e. The van der Waals surface area contributed by atoms with Crippen molar-refractivity contribution in [3.8, 4) is 0 Å². The zero-order valence-corrected chi connectivity index (χ0v) is 12.2. The third-order valence-corrected chi connectivity index (χ3v) is 4.61. The molecule has 2 heterocycles. The first-order valence-electron chi connectivity index (χ1n) is 6.73. The fraction of sp³-hybridized carbons (Fsp3) is 0.833. The van der Waals surface area contributed by atoms with Crippen molar-refractivity contribution in [1.82, 2.24) is 20.4 Å². The molecule has 2 amide bonds. The van der Waals surface area contributed by atoms with Crippen molar-refractivity contribution in [3.63, 3.8) is 0 Å². The number of nitrogens with one attached hydrogen (secondary N) is 2. The largest absolute Gasteiger partial charge is 0.358 e. The topological polar surface area (TPSA) is 64.7 Å². The molecule has 0 radical (unpaired) electrons. The van der Waals surface area contributed by atoms with Crippen molar-refractivity contribution in [2.75, 3.05) is 57.8 Å². The van der Waals surface area contributed by atoms with Gasteiger partial charge in [0, 0.05) is 51.3 Å². The molecule has 2 aliphatic rings. The maximum atomic E-state index is 12.3. The molecule has 6 nitrogen and oxygen atoms in total. The summed E-state index contributed by atoms with van der Waals surface area (Å²) < 4.78 is 0. The van der Waals surface area contributed by atoms with Gasteiger partial charge in [0.2, 0.25) is 11.8 Å².